The van der Waals surface area contributed by atoms with Gasteiger partial charge in [0, 0.05) is 10.7 Å². The maximum Gasteiger partial charge on any atom is 0.347 e. The lowest BCUT2D eigenvalue weighted by Gasteiger charge is -2.18. The van der Waals surface area contributed by atoms with E-state index in [4.69, 9.17) is 26.3 Å². The van der Waals surface area contributed by atoms with Gasteiger partial charge in [-0.3, -0.25) is 4.79 Å². The molecule has 0 aromatic heterocycles. The van der Waals surface area contributed by atoms with Gasteiger partial charge >= 0.3 is 5.97 Å². The Hall–Kier alpha value is -3.04. The van der Waals surface area contributed by atoms with Gasteiger partial charge in [-0.05, 0) is 62.7 Å². The molecule has 27 heavy (non-hydrogen) atoms. The van der Waals surface area contributed by atoms with Gasteiger partial charge in [0.25, 0.3) is 5.91 Å². The number of nitrogens with one attached hydrogen (secondary N) is 1. The summed E-state index contributed by atoms with van der Waals surface area (Å²) >= 11 is 6.03. The maximum absolute atomic E-state index is 12.3. The van der Waals surface area contributed by atoms with Crippen LogP contribution in [-0.2, 0) is 14.3 Å². The highest BCUT2D eigenvalue weighted by atomic mass is 35.5. The lowest BCUT2D eigenvalue weighted by molar-refractivity contribution is -0.159. The number of nitriles is 1. The van der Waals surface area contributed by atoms with E-state index in [0.29, 0.717) is 22.0 Å². The van der Waals surface area contributed by atoms with Crippen molar-refractivity contribution in [3.8, 4) is 11.8 Å². The van der Waals surface area contributed by atoms with Gasteiger partial charge in [0.1, 0.15) is 5.75 Å². The Labute approximate surface area is 162 Å². The Bertz CT molecular complexity index is 875. The average Bonchev–Trinajstić information content (AvgIpc) is 2.65. The summed E-state index contributed by atoms with van der Waals surface area (Å²) in [6.07, 6.45) is -1.93. The lowest BCUT2D eigenvalue weighted by atomic mass is 10.2. The fraction of sp³-hybridized carbons (Fsp3) is 0.250. The van der Waals surface area contributed by atoms with Gasteiger partial charge in [-0.2, -0.15) is 5.26 Å². The summed E-state index contributed by atoms with van der Waals surface area (Å²) in [6.45, 7) is 4.77. The molecule has 6 nitrogen and oxygen atoms in total. The van der Waals surface area contributed by atoms with E-state index in [1.165, 1.54) is 13.8 Å². The number of esters is 1. The van der Waals surface area contributed by atoms with Crippen molar-refractivity contribution in [3.05, 3.63) is 58.6 Å². The Kier molecular flexibility index (Phi) is 6.80. The number of hydrogen-bond acceptors (Lipinski definition) is 5. The Balaban J connectivity index is 1.92. The summed E-state index contributed by atoms with van der Waals surface area (Å²) < 4.78 is 10.6. The largest absolute Gasteiger partial charge is 0.479 e. The van der Waals surface area contributed by atoms with E-state index in [9.17, 15) is 9.59 Å². The fourth-order valence-electron chi connectivity index (χ4n) is 2.16. The molecular weight excluding hydrogens is 368 g/mol. The fourth-order valence-corrected chi connectivity index (χ4v) is 2.34. The molecule has 2 rings (SSSR count). The van der Waals surface area contributed by atoms with Crippen molar-refractivity contribution < 1.29 is 19.1 Å². The molecule has 0 aliphatic heterocycles. The molecule has 0 unspecified atom stereocenters. The quantitative estimate of drug-likeness (QED) is 0.761. The first-order chi connectivity index (χ1) is 12.8. The molecule has 0 aliphatic rings. The van der Waals surface area contributed by atoms with Gasteiger partial charge in [-0.25, -0.2) is 4.79 Å². The number of carbonyl (C=O) groups excluding carboxylic acids is 2. The third-order valence-electron chi connectivity index (χ3n) is 3.82. The topological polar surface area (TPSA) is 88.4 Å². The zero-order valence-electron chi connectivity index (χ0n) is 15.2. The van der Waals surface area contributed by atoms with Crippen molar-refractivity contribution in [2.24, 2.45) is 0 Å². The van der Waals surface area contributed by atoms with Crippen LogP contribution in [-0.4, -0.2) is 24.1 Å². The van der Waals surface area contributed by atoms with Crippen molar-refractivity contribution in [2.75, 3.05) is 5.32 Å². The lowest BCUT2D eigenvalue weighted by Crippen LogP contribution is -2.35. The van der Waals surface area contributed by atoms with E-state index in [1.807, 2.05) is 6.07 Å². The van der Waals surface area contributed by atoms with Crippen LogP contribution in [0.25, 0.3) is 0 Å². The molecule has 140 valence electrons. The van der Waals surface area contributed by atoms with E-state index >= 15 is 0 Å². The van der Waals surface area contributed by atoms with Gasteiger partial charge in [0.2, 0.25) is 0 Å². The second-order valence-corrected chi connectivity index (χ2v) is 6.28. The Morgan fingerprint density at radius 3 is 2.41 bits per heavy atom. The molecule has 2 atom stereocenters. The predicted octanol–water partition coefficient (Wildman–Crippen LogP) is 3.86. The molecule has 0 heterocycles. The molecule has 2 aromatic rings. The van der Waals surface area contributed by atoms with Crippen LogP contribution in [0.1, 0.15) is 25.0 Å². The normalized spacial score (nSPS) is 12.4. The summed E-state index contributed by atoms with van der Waals surface area (Å²) in [5.41, 5.74) is 1.76. The predicted molar refractivity (Wildman–Crippen MR) is 102 cm³/mol. The smallest absolute Gasteiger partial charge is 0.347 e. The highest BCUT2D eigenvalue weighted by Crippen LogP contribution is 2.23. The van der Waals surface area contributed by atoms with Crippen molar-refractivity contribution in [1.29, 1.82) is 5.26 Å². The maximum atomic E-state index is 12.3. The molecule has 0 fully saturated rings. The van der Waals surface area contributed by atoms with Crippen LogP contribution >= 0.6 is 11.6 Å². The summed E-state index contributed by atoms with van der Waals surface area (Å²) in [5, 5.41) is 12.0. The number of anilines is 1. The van der Waals surface area contributed by atoms with Crippen molar-refractivity contribution in [1.82, 2.24) is 0 Å². The third-order valence-corrected chi connectivity index (χ3v) is 4.23. The Morgan fingerprint density at radius 2 is 1.78 bits per heavy atom. The molecule has 1 N–H and O–H groups in total. The molecule has 0 bridgehead atoms. The number of ether oxygens (including phenoxy) is 2. The molecular formula is C20H19ClN2O4. The molecule has 0 aliphatic carbocycles. The number of hydrogen-bond donors (Lipinski definition) is 1. The molecule has 0 saturated heterocycles. The third kappa shape index (κ3) is 5.47. The van der Waals surface area contributed by atoms with Crippen molar-refractivity contribution >= 4 is 29.2 Å². The van der Waals surface area contributed by atoms with Gasteiger partial charge in [-0.1, -0.05) is 17.7 Å². The number of amides is 1. The summed E-state index contributed by atoms with van der Waals surface area (Å²) in [4.78, 5) is 24.4. The van der Waals surface area contributed by atoms with E-state index < -0.39 is 24.1 Å². The molecule has 0 radical (unpaired) electrons. The zero-order chi connectivity index (χ0) is 20.0. The van der Waals surface area contributed by atoms with Crippen LogP contribution in [0.4, 0.5) is 5.69 Å². The van der Waals surface area contributed by atoms with E-state index in [0.717, 1.165) is 5.56 Å². The van der Waals surface area contributed by atoms with Gasteiger partial charge in [-0.15, -0.1) is 0 Å². The number of benzene rings is 2. The van der Waals surface area contributed by atoms with Crippen LogP contribution < -0.4 is 10.1 Å². The minimum Gasteiger partial charge on any atom is -0.479 e. The average molecular weight is 387 g/mol. The van der Waals surface area contributed by atoms with Gasteiger partial charge in [0.15, 0.2) is 12.2 Å². The molecule has 0 spiro atoms. The highest BCUT2D eigenvalue weighted by molar-refractivity contribution is 6.31. The second-order valence-electron chi connectivity index (χ2n) is 5.88. The van der Waals surface area contributed by atoms with Gasteiger partial charge in [0.05, 0.1) is 11.6 Å². The number of halogens is 1. The first-order valence-electron chi connectivity index (χ1n) is 8.25. The summed E-state index contributed by atoms with van der Waals surface area (Å²) in [5.74, 6) is -0.728. The van der Waals surface area contributed by atoms with Crippen LogP contribution in [0, 0.1) is 18.3 Å². The minimum atomic E-state index is -1.01. The van der Waals surface area contributed by atoms with Crippen LogP contribution in [0.2, 0.25) is 5.02 Å². The minimum absolute atomic E-state index is 0.421. The molecule has 0 saturated carbocycles. The summed E-state index contributed by atoms with van der Waals surface area (Å²) in [6, 6.07) is 13.5. The van der Waals surface area contributed by atoms with Gasteiger partial charge < -0.3 is 14.8 Å². The standard InChI is InChI=1S/C20H19ClN2O4/c1-12-17(21)5-4-6-18(12)23-19(24)13(2)27-20(25)14(3)26-16-9-7-15(11-22)8-10-16/h4-10,13-14H,1-3H3,(H,23,24)/t13-,14-/m0/s1. The number of carbonyl (C=O) groups is 2. The SMILES string of the molecule is Cc1c(Cl)cccc1NC(=O)[C@H](C)OC(=O)[C@H](C)Oc1ccc(C#N)cc1. The zero-order valence-corrected chi connectivity index (χ0v) is 15.9. The first-order valence-corrected chi connectivity index (χ1v) is 8.63. The van der Waals surface area contributed by atoms with E-state index in [2.05, 4.69) is 5.32 Å². The van der Waals surface area contributed by atoms with E-state index in [-0.39, 0.29) is 0 Å². The highest BCUT2D eigenvalue weighted by Gasteiger charge is 2.23. The van der Waals surface area contributed by atoms with Crippen LogP contribution in [0.3, 0.4) is 0 Å². The van der Waals surface area contributed by atoms with Crippen molar-refractivity contribution in [3.63, 3.8) is 0 Å². The van der Waals surface area contributed by atoms with Crippen LogP contribution in [0.5, 0.6) is 5.75 Å². The van der Waals surface area contributed by atoms with Crippen molar-refractivity contribution in [2.45, 2.75) is 33.0 Å². The monoisotopic (exact) mass is 386 g/mol. The molecule has 1 amide bonds. The van der Waals surface area contributed by atoms with Crippen LogP contribution in [0.15, 0.2) is 42.5 Å². The molecule has 2 aromatic carbocycles. The number of rotatable bonds is 6. The Morgan fingerprint density at radius 1 is 1.11 bits per heavy atom. The first kappa shape index (κ1) is 20.3. The number of nitrogens with zero attached hydrogens (tertiary/aromatic N) is 1. The summed E-state index contributed by atoms with van der Waals surface area (Å²) in [7, 11) is 0. The van der Waals surface area contributed by atoms with E-state index in [1.54, 1.807) is 49.4 Å². The molecule has 7 heteroatoms. The second kappa shape index (κ2) is 9.06.